The largest absolute Gasteiger partial charge is 0.391 e. The Morgan fingerprint density at radius 3 is 2.70 bits per heavy atom. The van der Waals surface area contributed by atoms with Crippen LogP contribution in [0.25, 0.3) is 0 Å². The molecule has 1 aliphatic carbocycles. The van der Waals surface area contributed by atoms with Crippen molar-refractivity contribution in [2.75, 3.05) is 0 Å². The van der Waals surface area contributed by atoms with Crippen LogP contribution in [-0.2, 0) is 7.05 Å². The van der Waals surface area contributed by atoms with Gasteiger partial charge in [-0.25, -0.2) is 14.7 Å². The summed E-state index contributed by atoms with van der Waals surface area (Å²) >= 11 is 0. The van der Waals surface area contributed by atoms with E-state index in [2.05, 4.69) is 20.8 Å². The number of carbonyl (C=O) groups excluding carboxylic acids is 1. The van der Waals surface area contributed by atoms with E-state index in [-0.39, 0.29) is 12.8 Å². The van der Waals surface area contributed by atoms with Crippen molar-refractivity contribution in [3.63, 3.8) is 0 Å². The number of carbonyl (C=O) groups is 1. The van der Waals surface area contributed by atoms with Crippen LogP contribution in [0, 0.1) is 5.92 Å². The Morgan fingerprint density at radius 1 is 1.43 bits per heavy atom. The smallest absolute Gasteiger partial charge is 0.335 e. The van der Waals surface area contributed by atoms with Crippen LogP contribution in [0.4, 0.5) is 18.0 Å². The number of halogens is 3. The number of urea groups is 1. The van der Waals surface area contributed by atoms with Crippen LogP contribution in [0.5, 0.6) is 0 Å². The quantitative estimate of drug-likeness (QED) is 0.783. The zero-order chi connectivity index (χ0) is 17.2. The van der Waals surface area contributed by atoms with E-state index in [1.807, 2.05) is 0 Å². The second-order valence-electron chi connectivity index (χ2n) is 5.89. The molecule has 1 aromatic heterocycles. The van der Waals surface area contributed by atoms with Gasteiger partial charge in [-0.3, -0.25) is 4.57 Å². The molecule has 0 aromatic carbocycles. The summed E-state index contributed by atoms with van der Waals surface area (Å²) in [5.74, 6) is -1.03. The third-order valence-corrected chi connectivity index (χ3v) is 4.12. The molecule has 3 N–H and O–H groups in total. The highest BCUT2D eigenvalue weighted by atomic mass is 19.4. The SMILES string of the molecule is C[C@H](NC(=O)N[C@@H]1CCC[C@H](C(F)(F)F)C1)c1n[nH]c(=O)n1C. The fourth-order valence-electron chi connectivity index (χ4n) is 2.85. The Labute approximate surface area is 130 Å². The number of nitrogens with one attached hydrogen (secondary N) is 3. The predicted molar refractivity (Wildman–Crippen MR) is 75.7 cm³/mol. The Bertz CT molecular complexity index is 609. The minimum absolute atomic E-state index is 0.105. The van der Waals surface area contributed by atoms with Gasteiger partial charge in [0.15, 0.2) is 5.82 Å². The van der Waals surface area contributed by atoms with Crippen molar-refractivity contribution in [1.82, 2.24) is 25.4 Å². The summed E-state index contributed by atoms with van der Waals surface area (Å²) in [6.07, 6.45) is -3.27. The Balaban J connectivity index is 1.89. The van der Waals surface area contributed by atoms with E-state index in [0.717, 1.165) is 0 Å². The number of amides is 2. The third kappa shape index (κ3) is 4.26. The topological polar surface area (TPSA) is 91.8 Å². The molecule has 3 atom stereocenters. The number of nitrogens with zero attached hydrogens (tertiary/aromatic N) is 2. The third-order valence-electron chi connectivity index (χ3n) is 4.12. The first-order valence-corrected chi connectivity index (χ1v) is 7.43. The van der Waals surface area contributed by atoms with Crippen molar-refractivity contribution in [2.24, 2.45) is 13.0 Å². The van der Waals surface area contributed by atoms with E-state index in [1.54, 1.807) is 6.92 Å². The average molecular weight is 335 g/mol. The molecule has 23 heavy (non-hydrogen) atoms. The number of aromatic amines is 1. The van der Waals surface area contributed by atoms with E-state index in [1.165, 1.54) is 11.6 Å². The van der Waals surface area contributed by atoms with Crippen molar-refractivity contribution in [1.29, 1.82) is 0 Å². The van der Waals surface area contributed by atoms with Gasteiger partial charge in [-0.05, 0) is 26.2 Å². The molecule has 0 bridgehead atoms. The minimum Gasteiger partial charge on any atom is -0.335 e. The number of hydrogen-bond donors (Lipinski definition) is 3. The maximum absolute atomic E-state index is 12.8. The maximum Gasteiger partial charge on any atom is 0.391 e. The van der Waals surface area contributed by atoms with Crippen LogP contribution >= 0.6 is 0 Å². The lowest BCUT2D eigenvalue weighted by atomic mass is 9.85. The number of rotatable bonds is 3. The summed E-state index contributed by atoms with van der Waals surface area (Å²) < 4.78 is 39.5. The molecule has 1 aromatic rings. The molecule has 1 fully saturated rings. The van der Waals surface area contributed by atoms with Gasteiger partial charge in [-0.15, -0.1) is 0 Å². The standard InChI is InChI=1S/C13H20F3N5O2/c1-7(10-19-20-12(23)21(10)2)17-11(22)18-9-5-3-4-8(6-9)13(14,15)16/h7-9H,3-6H2,1-2H3,(H,20,23)(H2,17,18,22)/t7-,8-,9+/m0/s1. The van der Waals surface area contributed by atoms with Gasteiger partial charge in [-0.2, -0.15) is 18.3 Å². The number of H-pyrrole nitrogens is 1. The second kappa shape index (κ2) is 6.63. The molecule has 130 valence electrons. The molecule has 10 heteroatoms. The van der Waals surface area contributed by atoms with Crippen LogP contribution < -0.4 is 16.3 Å². The van der Waals surface area contributed by atoms with Crippen molar-refractivity contribution >= 4 is 6.03 Å². The highest BCUT2D eigenvalue weighted by Gasteiger charge is 2.42. The van der Waals surface area contributed by atoms with Crippen molar-refractivity contribution < 1.29 is 18.0 Å². The summed E-state index contributed by atoms with van der Waals surface area (Å²) in [7, 11) is 1.51. The van der Waals surface area contributed by atoms with Crippen LogP contribution in [0.1, 0.15) is 44.5 Å². The second-order valence-corrected chi connectivity index (χ2v) is 5.89. The van der Waals surface area contributed by atoms with E-state index in [9.17, 15) is 22.8 Å². The summed E-state index contributed by atoms with van der Waals surface area (Å²) in [4.78, 5) is 23.2. The number of hydrogen-bond acceptors (Lipinski definition) is 3. The molecule has 0 spiro atoms. The summed E-state index contributed by atoms with van der Waals surface area (Å²) in [6.45, 7) is 1.63. The monoisotopic (exact) mass is 335 g/mol. The molecular formula is C13H20F3N5O2. The van der Waals surface area contributed by atoms with E-state index in [4.69, 9.17) is 0 Å². The zero-order valence-corrected chi connectivity index (χ0v) is 12.9. The maximum atomic E-state index is 12.8. The van der Waals surface area contributed by atoms with Crippen LogP contribution in [0.15, 0.2) is 4.79 Å². The highest BCUT2D eigenvalue weighted by Crippen LogP contribution is 2.37. The molecule has 2 rings (SSSR count). The molecule has 0 unspecified atom stereocenters. The first-order chi connectivity index (χ1) is 10.7. The normalized spacial score (nSPS) is 23.3. The molecule has 0 saturated heterocycles. The van der Waals surface area contributed by atoms with Gasteiger partial charge in [0, 0.05) is 13.1 Å². The Hall–Kier alpha value is -2.00. The summed E-state index contributed by atoms with van der Waals surface area (Å²) in [5.41, 5.74) is -0.408. The highest BCUT2D eigenvalue weighted by molar-refractivity contribution is 5.74. The fraction of sp³-hybridized carbons (Fsp3) is 0.769. The van der Waals surface area contributed by atoms with Crippen LogP contribution in [-0.4, -0.2) is 33.0 Å². The molecule has 2 amide bonds. The fourth-order valence-corrected chi connectivity index (χ4v) is 2.85. The van der Waals surface area contributed by atoms with E-state index in [0.29, 0.717) is 18.7 Å². The van der Waals surface area contributed by atoms with Gasteiger partial charge in [0.2, 0.25) is 0 Å². The molecule has 1 saturated carbocycles. The van der Waals surface area contributed by atoms with Crippen molar-refractivity contribution in [3.05, 3.63) is 16.3 Å². The van der Waals surface area contributed by atoms with E-state index < -0.39 is 35.9 Å². The van der Waals surface area contributed by atoms with Gasteiger partial charge < -0.3 is 10.6 Å². The van der Waals surface area contributed by atoms with Gasteiger partial charge >= 0.3 is 17.9 Å². The lowest BCUT2D eigenvalue weighted by Crippen LogP contribution is -2.46. The molecule has 0 radical (unpaired) electrons. The average Bonchev–Trinajstić information content (AvgIpc) is 2.78. The lowest BCUT2D eigenvalue weighted by Gasteiger charge is -2.31. The van der Waals surface area contributed by atoms with Crippen LogP contribution in [0.3, 0.4) is 0 Å². The molecular weight excluding hydrogens is 315 g/mol. The Morgan fingerprint density at radius 2 is 2.13 bits per heavy atom. The molecule has 0 aliphatic heterocycles. The van der Waals surface area contributed by atoms with Gasteiger partial charge in [0.1, 0.15) is 0 Å². The number of alkyl halides is 3. The zero-order valence-electron chi connectivity index (χ0n) is 12.9. The molecule has 7 nitrogen and oxygen atoms in total. The first kappa shape index (κ1) is 17.4. The first-order valence-electron chi connectivity index (χ1n) is 7.43. The van der Waals surface area contributed by atoms with Gasteiger partial charge in [0.25, 0.3) is 0 Å². The van der Waals surface area contributed by atoms with Gasteiger partial charge in [0.05, 0.1) is 12.0 Å². The van der Waals surface area contributed by atoms with Crippen molar-refractivity contribution in [2.45, 2.75) is 50.9 Å². The van der Waals surface area contributed by atoms with Crippen LogP contribution in [0.2, 0.25) is 0 Å². The Kier molecular flexibility index (Phi) is 5.00. The predicted octanol–water partition coefficient (Wildman–Crippen LogP) is 1.59. The van der Waals surface area contributed by atoms with E-state index >= 15 is 0 Å². The molecule has 1 heterocycles. The summed E-state index contributed by atoms with van der Waals surface area (Å²) in [5, 5.41) is 11.2. The number of aromatic nitrogens is 3. The lowest BCUT2D eigenvalue weighted by molar-refractivity contribution is -0.183. The summed E-state index contributed by atoms with van der Waals surface area (Å²) in [6, 6.07) is -1.63. The minimum atomic E-state index is -4.22. The van der Waals surface area contributed by atoms with Gasteiger partial charge in [-0.1, -0.05) is 6.42 Å². The molecule has 1 aliphatic rings. The van der Waals surface area contributed by atoms with Crippen molar-refractivity contribution in [3.8, 4) is 0 Å².